The van der Waals surface area contributed by atoms with E-state index >= 15 is 0 Å². The molecule has 0 radical (unpaired) electrons. The molecule has 3 aromatic carbocycles. The topological polar surface area (TPSA) is 100 Å². The SMILES string of the molecule is O=C(O)C[C@H]1S/C(=N\N=C/c2c(OCc3ccccc3Cl)ccc3ccccc23)NC1=O. The van der Waals surface area contributed by atoms with Crippen LogP contribution in [-0.2, 0) is 16.2 Å². The van der Waals surface area contributed by atoms with Gasteiger partial charge in [-0.15, -0.1) is 5.10 Å². The molecule has 1 fully saturated rings. The zero-order chi connectivity index (χ0) is 22.5. The predicted molar refractivity (Wildman–Crippen MR) is 127 cm³/mol. The van der Waals surface area contributed by atoms with Crippen molar-refractivity contribution in [2.24, 2.45) is 10.2 Å². The molecule has 0 aliphatic carbocycles. The number of nitrogens with zero attached hydrogens (tertiary/aromatic N) is 2. The van der Waals surface area contributed by atoms with Gasteiger partial charge in [-0.25, -0.2) is 0 Å². The van der Waals surface area contributed by atoms with Crippen molar-refractivity contribution in [3.05, 3.63) is 76.8 Å². The highest BCUT2D eigenvalue weighted by Gasteiger charge is 2.32. The highest BCUT2D eigenvalue weighted by molar-refractivity contribution is 8.15. The van der Waals surface area contributed by atoms with Gasteiger partial charge in [0.15, 0.2) is 5.17 Å². The van der Waals surface area contributed by atoms with Gasteiger partial charge in [0.25, 0.3) is 0 Å². The molecule has 1 atom stereocenters. The number of benzene rings is 3. The first-order valence-electron chi connectivity index (χ1n) is 9.69. The predicted octanol–water partition coefficient (Wildman–Crippen LogP) is 4.47. The van der Waals surface area contributed by atoms with Gasteiger partial charge in [-0.3, -0.25) is 9.59 Å². The third-order valence-corrected chi connectivity index (χ3v) is 6.18. The second-order valence-corrected chi connectivity index (χ2v) is 8.52. The van der Waals surface area contributed by atoms with Crippen molar-refractivity contribution < 1.29 is 19.4 Å². The number of carbonyl (C=O) groups excluding carboxylic acids is 1. The summed E-state index contributed by atoms with van der Waals surface area (Å²) in [5, 5.41) is 21.7. The first-order valence-corrected chi connectivity index (χ1v) is 11.0. The summed E-state index contributed by atoms with van der Waals surface area (Å²) in [5.41, 5.74) is 1.59. The van der Waals surface area contributed by atoms with Crippen molar-refractivity contribution in [3.8, 4) is 5.75 Å². The van der Waals surface area contributed by atoms with E-state index in [4.69, 9.17) is 21.4 Å². The Hall–Kier alpha value is -3.36. The Balaban J connectivity index is 1.59. The summed E-state index contributed by atoms with van der Waals surface area (Å²) in [5.74, 6) is -0.821. The van der Waals surface area contributed by atoms with E-state index in [1.807, 2.05) is 60.7 Å². The number of carboxylic acid groups (broad SMARTS) is 1. The van der Waals surface area contributed by atoms with Crippen molar-refractivity contribution in [3.63, 3.8) is 0 Å². The fourth-order valence-corrected chi connectivity index (χ4v) is 4.30. The van der Waals surface area contributed by atoms with Gasteiger partial charge in [0.1, 0.15) is 17.6 Å². The number of hydrogen-bond donors (Lipinski definition) is 2. The van der Waals surface area contributed by atoms with Crippen LogP contribution >= 0.6 is 23.4 Å². The number of nitrogens with one attached hydrogen (secondary N) is 1. The lowest BCUT2D eigenvalue weighted by atomic mass is 10.0. The van der Waals surface area contributed by atoms with Crippen LogP contribution in [0.25, 0.3) is 10.8 Å². The third-order valence-electron chi connectivity index (χ3n) is 4.74. The summed E-state index contributed by atoms with van der Waals surface area (Å²) in [6, 6.07) is 19.1. The Morgan fingerprint density at radius 1 is 1.16 bits per heavy atom. The summed E-state index contributed by atoms with van der Waals surface area (Å²) in [6.45, 7) is 0.288. The lowest BCUT2D eigenvalue weighted by molar-refractivity contribution is -0.138. The van der Waals surface area contributed by atoms with E-state index in [9.17, 15) is 9.59 Å². The van der Waals surface area contributed by atoms with E-state index in [0.29, 0.717) is 10.8 Å². The van der Waals surface area contributed by atoms with Crippen LogP contribution in [0.15, 0.2) is 70.9 Å². The molecule has 2 N–H and O–H groups in total. The van der Waals surface area contributed by atoms with E-state index in [-0.39, 0.29) is 24.1 Å². The molecule has 0 spiro atoms. The van der Waals surface area contributed by atoms with Crippen LogP contribution in [0.2, 0.25) is 5.02 Å². The Kier molecular flexibility index (Phi) is 6.72. The van der Waals surface area contributed by atoms with Gasteiger partial charge >= 0.3 is 5.97 Å². The normalized spacial score (nSPS) is 17.2. The van der Waals surface area contributed by atoms with Gasteiger partial charge in [0.2, 0.25) is 5.91 Å². The van der Waals surface area contributed by atoms with E-state index in [1.165, 1.54) is 0 Å². The Labute approximate surface area is 193 Å². The molecule has 1 heterocycles. The number of fused-ring (bicyclic) bond motifs is 1. The summed E-state index contributed by atoms with van der Waals surface area (Å²) >= 11 is 7.29. The Morgan fingerprint density at radius 2 is 1.94 bits per heavy atom. The summed E-state index contributed by atoms with van der Waals surface area (Å²) in [7, 11) is 0. The van der Waals surface area contributed by atoms with E-state index in [1.54, 1.807) is 6.21 Å². The number of thioether (sulfide) groups is 1. The highest BCUT2D eigenvalue weighted by Crippen LogP contribution is 2.28. The molecule has 32 heavy (non-hydrogen) atoms. The molecular weight excluding hydrogens is 450 g/mol. The van der Waals surface area contributed by atoms with Crippen LogP contribution in [-0.4, -0.2) is 33.6 Å². The van der Waals surface area contributed by atoms with Gasteiger partial charge < -0.3 is 15.2 Å². The number of carboxylic acids is 1. The van der Waals surface area contributed by atoms with Crippen LogP contribution in [0.1, 0.15) is 17.5 Å². The summed E-state index contributed by atoms with van der Waals surface area (Å²) in [6.07, 6.45) is 1.29. The zero-order valence-corrected chi connectivity index (χ0v) is 18.3. The van der Waals surface area contributed by atoms with Crippen LogP contribution in [0.5, 0.6) is 5.75 Å². The van der Waals surface area contributed by atoms with Gasteiger partial charge in [0, 0.05) is 16.1 Å². The molecule has 0 aromatic heterocycles. The molecule has 162 valence electrons. The monoisotopic (exact) mass is 467 g/mol. The number of amides is 1. The molecule has 0 unspecified atom stereocenters. The van der Waals surface area contributed by atoms with Crippen molar-refractivity contribution >= 4 is 57.4 Å². The maximum Gasteiger partial charge on any atom is 0.305 e. The third kappa shape index (κ3) is 5.09. The lowest BCUT2D eigenvalue weighted by Gasteiger charge is -2.12. The maximum atomic E-state index is 11.9. The standard InChI is InChI=1S/C23H18ClN3O4S/c24-18-8-4-2-6-15(18)13-31-19-10-9-14-5-1-3-7-16(14)17(19)12-25-27-23-26-22(30)20(32-23)11-21(28)29/h1-10,12,20H,11,13H2,(H,28,29)(H,26,27,30)/b25-12-/t20-/m1/s1. The van der Waals surface area contributed by atoms with Gasteiger partial charge in [0.05, 0.1) is 12.6 Å². The molecule has 3 aromatic rings. The number of carbonyl (C=O) groups is 2. The molecule has 9 heteroatoms. The average Bonchev–Trinajstić information content (AvgIpc) is 3.12. The number of ether oxygens (including phenoxy) is 1. The van der Waals surface area contributed by atoms with Crippen LogP contribution in [0.4, 0.5) is 0 Å². The zero-order valence-electron chi connectivity index (χ0n) is 16.7. The van der Waals surface area contributed by atoms with Gasteiger partial charge in [-0.1, -0.05) is 71.9 Å². The molecule has 4 rings (SSSR count). The maximum absolute atomic E-state index is 11.9. The van der Waals surface area contributed by atoms with Crippen molar-refractivity contribution in [1.82, 2.24) is 5.32 Å². The van der Waals surface area contributed by atoms with Crippen molar-refractivity contribution in [2.75, 3.05) is 0 Å². The number of hydrogen-bond acceptors (Lipinski definition) is 6. The minimum atomic E-state index is -1.04. The minimum Gasteiger partial charge on any atom is -0.488 e. The summed E-state index contributed by atoms with van der Waals surface area (Å²) in [4.78, 5) is 22.7. The van der Waals surface area contributed by atoms with Crippen LogP contribution in [0, 0.1) is 0 Å². The molecule has 1 aliphatic rings. The number of amidine groups is 1. The van der Waals surface area contributed by atoms with Crippen molar-refractivity contribution in [2.45, 2.75) is 18.3 Å². The number of aliphatic carboxylic acids is 1. The minimum absolute atomic E-state index is 0.260. The Morgan fingerprint density at radius 3 is 2.75 bits per heavy atom. The number of halogens is 1. The molecule has 1 aliphatic heterocycles. The summed E-state index contributed by atoms with van der Waals surface area (Å²) < 4.78 is 6.05. The van der Waals surface area contributed by atoms with Crippen molar-refractivity contribution in [1.29, 1.82) is 0 Å². The largest absolute Gasteiger partial charge is 0.488 e. The molecule has 7 nitrogen and oxygen atoms in total. The van der Waals surface area contributed by atoms with Crippen LogP contribution < -0.4 is 10.1 Å². The van der Waals surface area contributed by atoms with Crippen LogP contribution in [0.3, 0.4) is 0 Å². The van der Waals surface area contributed by atoms with Gasteiger partial charge in [-0.2, -0.15) is 5.10 Å². The molecule has 0 bridgehead atoms. The average molecular weight is 468 g/mol. The second kappa shape index (κ2) is 9.84. The van der Waals surface area contributed by atoms with Gasteiger partial charge in [-0.05, 0) is 22.9 Å². The molecule has 1 amide bonds. The first kappa shape index (κ1) is 21.9. The molecular formula is C23H18ClN3O4S. The first-order chi connectivity index (χ1) is 15.5. The fraction of sp³-hybridized carbons (Fsp3) is 0.130. The lowest BCUT2D eigenvalue weighted by Crippen LogP contribution is -2.26. The quantitative estimate of drug-likeness (QED) is 0.394. The number of rotatable bonds is 7. The highest BCUT2D eigenvalue weighted by atomic mass is 35.5. The second-order valence-electron chi connectivity index (χ2n) is 6.92. The fourth-order valence-electron chi connectivity index (χ4n) is 3.19. The van der Waals surface area contributed by atoms with E-state index < -0.39 is 11.2 Å². The molecule has 1 saturated heterocycles. The Bertz CT molecular complexity index is 1240. The molecule has 0 saturated carbocycles. The van der Waals surface area contributed by atoms with E-state index in [2.05, 4.69) is 15.5 Å². The smallest absolute Gasteiger partial charge is 0.305 e. The van der Waals surface area contributed by atoms with E-state index in [0.717, 1.165) is 33.7 Å².